The van der Waals surface area contributed by atoms with E-state index in [0.29, 0.717) is 5.13 Å². The highest BCUT2D eigenvalue weighted by Gasteiger charge is 2.14. The number of benzene rings is 2. The third-order valence-corrected chi connectivity index (χ3v) is 4.82. The first-order valence-electron chi connectivity index (χ1n) is 7.86. The van der Waals surface area contributed by atoms with Crippen molar-refractivity contribution in [3.8, 4) is 6.07 Å². The van der Waals surface area contributed by atoms with Crippen molar-refractivity contribution >= 4 is 39.2 Å². The number of hydrogen-bond acceptors (Lipinski definition) is 5. The molecule has 5 nitrogen and oxygen atoms in total. The van der Waals surface area contributed by atoms with E-state index < -0.39 is 5.91 Å². The number of anilines is 1. The summed E-state index contributed by atoms with van der Waals surface area (Å²) >= 11 is 1.31. The van der Waals surface area contributed by atoms with Crippen LogP contribution in [0.5, 0.6) is 0 Å². The fraction of sp³-hybridized carbons (Fsp3) is 0.158. The number of nitrogens with one attached hydrogen (secondary N) is 1. The van der Waals surface area contributed by atoms with Crippen LogP contribution in [0.15, 0.2) is 42.0 Å². The average molecular weight is 348 g/mol. The van der Waals surface area contributed by atoms with Crippen LogP contribution in [-0.2, 0) is 11.2 Å². The number of hydrogen-bond donors (Lipinski definition) is 1. The topological polar surface area (TPSA) is 78.7 Å². The van der Waals surface area contributed by atoms with Crippen molar-refractivity contribution in [2.45, 2.75) is 20.3 Å². The van der Waals surface area contributed by atoms with E-state index in [-0.39, 0.29) is 5.57 Å². The quantitative estimate of drug-likeness (QED) is 0.568. The predicted molar refractivity (Wildman–Crippen MR) is 100 cm³/mol. The number of nitrogens with zero attached hydrogens (tertiary/aromatic N) is 3. The summed E-state index contributed by atoms with van der Waals surface area (Å²) in [5.74, 6) is -0.478. The first-order chi connectivity index (χ1) is 12.1. The second-order valence-electron chi connectivity index (χ2n) is 5.50. The van der Waals surface area contributed by atoms with Crippen LogP contribution in [0.25, 0.3) is 16.8 Å². The van der Waals surface area contributed by atoms with Crippen LogP contribution in [0.2, 0.25) is 0 Å². The number of fused-ring (bicyclic) bond motifs is 1. The standard InChI is InChI=1S/C19H16N4OS/c1-3-17-22-23-19(25-17)21-18(24)14(11-20)10-16-12(2)8-9-13-6-4-5-7-15(13)16/h4-10H,3H2,1-2H3,(H,21,23,24)/b14-10+. The van der Waals surface area contributed by atoms with Crippen molar-refractivity contribution in [3.05, 3.63) is 58.1 Å². The van der Waals surface area contributed by atoms with Gasteiger partial charge in [-0.15, -0.1) is 10.2 Å². The number of amides is 1. The number of carbonyl (C=O) groups is 1. The van der Waals surface area contributed by atoms with Crippen molar-refractivity contribution < 1.29 is 4.79 Å². The fourth-order valence-electron chi connectivity index (χ4n) is 2.50. The molecule has 0 atom stereocenters. The lowest BCUT2D eigenvalue weighted by Crippen LogP contribution is -2.13. The van der Waals surface area contributed by atoms with Crippen molar-refractivity contribution in [2.24, 2.45) is 0 Å². The van der Waals surface area contributed by atoms with Gasteiger partial charge in [-0.1, -0.05) is 54.7 Å². The van der Waals surface area contributed by atoms with Gasteiger partial charge in [-0.05, 0) is 41.3 Å². The Hall–Kier alpha value is -3.04. The normalized spacial score (nSPS) is 11.3. The second-order valence-corrected chi connectivity index (χ2v) is 6.56. The van der Waals surface area contributed by atoms with E-state index in [0.717, 1.165) is 33.3 Å². The van der Waals surface area contributed by atoms with Crippen LogP contribution in [0.4, 0.5) is 5.13 Å². The molecule has 1 heterocycles. The smallest absolute Gasteiger partial charge is 0.268 e. The number of nitriles is 1. The molecule has 25 heavy (non-hydrogen) atoms. The lowest BCUT2D eigenvalue weighted by Gasteiger charge is -2.07. The lowest BCUT2D eigenvalue weighted by molar-refractivity contribution is -0.112. The van der Waals surface area contributed by atoms with Gasteiger partial charge in [-0.3, -0.25) is 10.1 Å². The van der Waals surface area contributed by atoms with E-state index in [1.165, 1.54) is 11.3 Å². The SMILES string of the molecule is CCc1nnc(NC(=O)/C(C#N)=C/c2c(C)ccc3ccccc23)s1. The molecule has 0 aliphatic rings. The molecule has 0 fully saturated rings. The van der Waals surface area contributed by atoms with Gasteiger partial charge < -0.3 is 0 Å². The zero-order chi connectivity index (χ0) is 17.8. The largest absolute Gasteiger partial charge is 0.296 e. The maximum atomic E-state index is 12.4. The highest BCUT2D eigenvalue weighted by atomic mass is 32.1. The van der Waals surface area contributed by atoms with Crippen molar-refractivity contribution in [1.82, 2.24) is 10.2 Å². The van der Waals surface area contributed by atoms with Crippen LogP contribution in [0, 0.1) is 18.3 Å². The molecule has 0 saturated carbocycles. The Bertz CT molecular complexity index is 1010. The number of aryl methyl sites for hydroxylation is 2. The number of rotatable bonds is 4. The van der Waals surface area contributed by atoms with Gasteiger partial charge in [0.2, 0.25) is 5.13 Å². The summed E-state index contributed by atoms with van der Waals surface area (Å²) in [6, 6.07) is 13.9. The molecule has 0 spiro atoms. The zero-order valence-electron chi connectivity index (χ0n) is 13.9. The van der Waals surface area contributed by atoms with Crippen molar-refractivity contribution in [2.75, 3.05) is 5.32 Å². The molecule has 1 N–H and O–H groups in total. The summed E-state index contributed by atoms with van der Waals surface area (Å²) in [6.07, 6.45) is 2.39. The Balaban J connectivity index is 1.97. The number of aromatic nitrogens is 2. The molecule has 124 valence electrons. The molecular formula is C19H16N4OS. The summed E-state index contributed by atoms with van der Waals surface area (Å²) in [7, 11) is 0. The van der Waals surface area contributed by atoms with E-state index >= 15 is 0 Å². The lowest BCUT2D eigenvalue weighted by atomic mass is 9.98. The fourth-order valence-corrected chi connectivity index (χ4v) is 3.18. The summed E-state index contributed by atoms with van der Waals surface area (Å²) in [6.45, 7) is 3.93. The van der Waals surface area contributed by atoms with Gasteiger partial charge in [-0.25, -0.2) is 0 Å². The van der Waals surface area contributed by atoms with Gasteiger partial charge in [0.05, 0.1) is 0 Å². The maximum Gasteiger partial charge on any atom is 0.268 e. The minimum Gasteiger partial charge on any atom is -0.296 e. The molecule has 0 saturated heterocycles. The van der Waals surface area contributed by atoms with Crippen LogP contribution in [-0.4, -0.2) is 16.1 Å². The minimum atomic E-state index is -0.478. The van der Waals surface area contributed by atoms with Crippen LogP contribution >= 0.6 is 11.3 Å². The molecule has 1 amide bonds. The van der Waals surface area contributed by atoms with E-state index in [4.69, 9.17) is 0 Å². The maximum absolute atomic E-state index is 12.4. The van der Waals surface area contributed by atoms with E-state index in [1.807, 2.05) is 56.3 Å². The van der Waals surface area contributed by atoms with Gasteiger partial charge in [0.15, 0.2) is 0 Å². The molecule has 3 rings (SSSR count). The Morgan fingerprint density at radius 2 is 2.08 bits per heavy atom. The van der Waals surface area contributed by atoms with Crippen LogP contribution in [0.1, 0.15) is 23.1 Å². The Kier molecular flexibility index (Phi) is 4.87. The second kappa shape index (κ2) is 7.24. The molecule has 0 aliphatic heterocycles. The summed E-state index contributed by atoms with van der Waals surface area (Å²) < 4.78 is 0. The van der Waals surface area contributed by atoms with Crippen LogP contribution < -0.4 is 5.32 Å². The monoisotopic (exact) mass is 348 g/mol. The molecule has 0 bridgehead atoms. The van der Waals surface area contributed by atoms with Crippen LogP contribution in [0.3, 0.4) is 0 Å². The highest BCUT2D eigenvalue weighted by Crippen LogP contribution is 2.25. The Morgan fingerprint density at radius 1 is 1.28 bits per heavy atom. The molecule has 6 heteroatoms. The van der Waals surface area contributed by atoms with E-state index in [9.17, 15) is 10.1 Å². The molecule has 0 radical (unpaired) electrons. The van der Waals surface area contributed by atoms with Gasteiger partial charge in [0, 0.05) is 0 Å². The Morgan fingerprint density at radius 3 is 2.80 bits per heavy atom. The third kappa shape index (κ3) is 3.57. The molecular weight excluding hydrogens is 332 g/mol. The van der Waals surface area contributed by atoms with Gasteiger partial charge in [0.1, 0.15) is 16.6 Å². The molecule has 1 aromatic heterocycles. The molecule has 0 aliphatic carbocycles. The van der Waals surface area contributed by atoms with Gasteiger partial charge in [0.25, 0.3) is 5.91 Å². The highest BCUT2D eigenvalue weighted by molar-refractivity contribution is 7.15. The van der Waals surface area contributed by atoms with Crippen molar-refractivity contribution in [3.63, 3.8) is 0 Å². The number of carbonyl (C=O) groups excluding carboxylic acids is 1. The zero-order valence-corrected chi connectivity index (χ0v) is 14.7. The predicted octanol–water partition coefficient (Wildman–Crippen LogP) is 4.11. The summed E-state index contributed by atoms with van der Waals surface area (Å²) in [5.41, 5.74) is 1.91. The van der Waals surface area contributed by atoms with Gasteiger partial charge >= 0.3 is 0 Å². The molecule has 3 aromatic rings. The van der Waals surface area contributed by atoms with Crippen molar-refractivity contribution in [1.29, 1.82) is 5.26 Å². The van der Waals surface area contributed by atoms with E-state index in [2.05, 4.69) is 15.5 Å². The first kappa shape index (κ1) is 16.8. The first-order valence-corrected chi connectivity index (χ1v) is 8.68. The summed E-state index contributed by atoms with van der Waals surface area (Å²) in [5, 5.41) is 23.3. The molecule has 2 aromatic carbocycles. The Labute approximate surface area is 149 Å². The molecule has 0 unspecified atom stereocenters. The minimum absolute atomic E-state index is 0.0349. The third-order valence-electron chi connectivity index (χ3n) is 3.83. The summed E-state index contributed by atoms with van der Waals surface area (Å²) in [4.78, 5) is 12.4. The average Bonchev–Trinajstić information content (AvgIpc) is 3.08. The van der Waals surface area contributed by atoms with E-state index in [1.54, 1.807) is 6.08 Å². The van der Waals surface area contributed by atoms with Gasteiger partial charge in [-0.2, -0.15) is 5.26 Å².